The highest BCUT2D eigenvalue weighted by Gasteiger charge is 2.10. The van der Waals surface area contributed by atoms with Crippen molar-refractivity contribution in [3.63, 3.8) is 0 Å². The molecule has 0 bridgehead atoms. The summed E-state index contributed by atoms with van der Waals surface area (Å²) in [6, 6.07) is 3.19. The van der Waals surface area contributed by atoms with Crippen LogP contribution in [0, 0.1) is 6.92 Å². The van der Waals surface area contributed by atoms with Crippen LogP contribution in [0.2, 0.25) is 0 Å². The first-order valence-electron chi connectivity index (χ1n) is 4.26. The summed E-state index contributed by atoms with van der Waals surface area (Å²) in [7, 11) is 1.42. The number of hydrogen-bond donors (Lipinski definition) is 2. The second kappa shape index (κ2) is 4.45. The van der Waals surface area contributed by atoms with Crippen molar-refractivity contribution in [2.45, 2.75) is 6.92 Å². The lowest BCUT2D eigenvalue weighted by Crippen LogP contribution is -2.05. The molecule has 1 aromatic carbocycles. The van der Waals surface area contributed by atoms with Gasteiger partial charge in [-0.1, -0.05) is 5.16 Å². The van der Waals surface area contributed by atoms with Crippen molar-refractivity contribution in [2.75, 3.05) is 12.8 Å². The molecule has 15 heavy (non-hydrogen) atoms. The molecule has 3 N–H and O–H groups in total. The fraction of sp³-hybridized carbons (Fsp3) is 0.200. The number of rotatable bonds is 3. The van der Waals surface area contributed by atoms with Gasteiger partial charge in [-0.3, -0.25) is 0 Å². The molecule has 80 valence electrons. The molecule has 0 unspecified atom stereocenters. The number of carbonyl (C=O) groups is 1. The van der Waals surface area contributed by atoms with Gasteiger partial charge in [-0.05, 0) is 30.2 Å². The van der Waals surface area contributed by atoms with Gasteiger partial charge < -0.3 is 15.7 Å². The molecule has 0 aliphatic heterocycles. The smallest absolute Gasteiger partial charge is 0.337 e. The predicted molar refractivity (Wildman–Crippen MR) is 57.2 cm³/mol. The molecule has 0 aliphatic carbocycles. The third kappa shape index (κ3) is 2.46. The zero-order chi connectivity index (χ0) is 11.4. The number of anilines is 1. The van der Waals surface area contributed by atoms with Crippen molar-refractivity contribution in [1.29, 1.82) is 0 Å². The molecule has 0 heterocycles. The number of aromatic carboxylic acids is 1. The summed E-state index contributed by atoms with van der Waals surface area (Å²) in [6.07, 6.45) is 1.43. The number of benzene rings is 1. The van der Waals surface area contributed by atoms with E-state index in [0.717, 1.165) is 0 Å². The highest BCUT2D eigenvalue weighted by molar-refractivity contribution is 5.97. The lowest BCUT2D eigenvalue weighted by atomic mass is 10.0. The Labute approximate surface area is 87.1 Å². The summed E-state index contributed by atoms with van der Waals surface area (Å²) in [5, 5.41) is 12.4. The van der Waals surface area contributed by atoms with Crippen LogP contribution in [0.1, 0.15) is 21.5 Å². The van der Waals surface area contributed by atoms with Gasteiger partial charge in [-0.15, -0.1) is 0 Å². The van der Waals surface area contributed by atoms with Crippen molar-refractivity contribution < 1.29 is 14.7 Å². The summed E-state index contributed by atoms with van der Waals surface area (Å²) in [4.78, 5) is 15.4. The van der Waals surface area contributed by atoms with E-state index >= 15 is 0 Å². The Kier molecular flexibility index (Phi) is 3.28. The summed E-state index contributed by atoms with van der Waals surface area (Å²) < 4.78 is 0. The average Bonchev–Trinajstić information content (AvgIpc) is 2.19. The summed E-state index contributed by atoms with van der Waals surface area (Å²) in [5.41, 5.74) is 7.32. The van der Waals surface area contributed by atoms with E-state index in [0.29, 0.717) is 11.1 Å². The van der Waals surface area contributed by atoms with E-state index in [1.165, 1.54) is 19.4 Å². The molecule has 0 amide bonds. The van der Waals surface area contributed by atoms with E-state index in [2.05, 4.69) is 9.99 Å². The largest absolute Gasteiger partial charge is 0.478 e. The highest BCUT2D eigenvalue weighted by Crippen LogP contribution is 2.18. The molecule has 0 radical (unpaired) electrons. The van der Waals surface area contributed by atoms with E-state index in [4.69, 9.17) is 10.8 Å². The first-order valence-corrected chi connectivity index (χ1v) is 4.26. The van der Waals surface area contributed by atoms with Crippen molar-refractivity contribution >= 4 is 17.9 Å². The SMILES string of the molecule is CON=Cc1cc(C)c(N)c(C(=O)O)c1. The summed E-state index contributed by atoms with van der Waals surface area (Å²) in [6.45, 7) is 1.74. The molecule has 0 saturated carbocycles. The van der Waals surface area contributed by atoms with Crippen LogP contribution < -0.4 is 5.73 Å². The number of nitrogens with two attached hydrogens (primary N) is 1. The predicted octanol–water partition coefficient (Wildman–Crippen LogP) is 1.26. The number of nitrogen functional groups attached to an aromatic ring is 1. The van der Waals surface area contributed by atoms with Gasteiger partial charge in [0.05, 0.1) is 11.8 Å². The Hall–Kier alpha value is -2.04. The Morgan fingerprint density at radius 1 is 1.60 bits per heavy atom. The standard InChI is InChI=1S/C10H12N2O3/c1-6-3-7(5-12-15-2)4-8(9(6)11)10(13)14/h3-5H,11H2,1-2H3,(H,13,14). The number of carboxylic acids is 1. The Morgan fingerprint density at radius 2 is 2.27 bits per heavy atom. The molecule has 0 aromatic heterocycles. The Balaban J connectivity index is 3.23. The van der Waals surface area contributed by atoms with Crippen LogP contribution in [0.3, 0.4) is 0 Å². The maximum atomic E-state index is 10.8. The zero-order valence-corrected chi connectivity index (χ0v) is 8.52. The van der Waals surface area contributed by atoms with E-state index in [1.807, 2.05) is 0 Å². The van der Waals surface area contributed by atoms with Crippen molar-refractivity contribution in [3.8, 4) is 0 Å². The van der Waals surface area contributed by atoms with Crippen LogP contribution in [0.5, 0.6) is 0 Å². The quantitative estimate of drug-likeness (QED) is 0.445. The van der Waals surface area contributed by atoms with Crippen molar-refractivity contribution in [2.24, 2.45) is 5.16 Å². The fourth-order valence-electron chi connectivity index (χ4n) is 1.19. The van der Waals surface area contributed by atoms with E-state index in [9.17, 15) is 4.79 Å². The number of carboxylic acid groups (broad SMARTS) is 1. The molecule has 5 nitrogen and oxygen atoms in total. The van der Waals surface area contributed by atoms with Crippen LogP contribution in [0.4, 0.5) is 5.69 Å². The van der Waals surface area contributed by atoms with Gasteiger partial charge in [0.1, 0.15) is 7.11 Å². The molecule has 0 atom stereocenters. The maximum absolute atomic E-state index is 10.8. The molecule has 5 heteroatoms. The molecule has 0 aliphatic rings. The molecule has 1 aromatic rings. The minimum absolute atomic E-state index is 0.0764. The minimum atomic E-state index is -1.05. The van der Waals surface area contributed by atoms with E-state index in [-0.39, 0.29) is 11.3 Å². The zero-order valence-electron chi connectivity index (χ0n) is 8.52. The average molecular weight is 208 g/mol. The number of oxime groups is 1. The van der Waals surface area contributed by atoms with Crippen molar-refractivity contribution in [1.82, 2.24) is 0 Å². The molecular formula is C10H12N2O3. The summed E-state index contributed by atoms with van der Waals surface area (Å²) >= 11 is 0. The molecular weight excluding hydrogens is 196 g/mol. The van der Waals surface area contributed by atoms with E-state index in [1.54, 1.807) is 13.0 Å². The van der Waals surface area contributed by atoms with Gasteiger partial charge in [-0.25, -0.2) is 4.79 Å². The third-order valence-corrected chi connectivity index (χ3v) is 1.95. The van der Waals surface area contributed by atoms with Gasteiger partial charge in [0, 0.05) is 5.69 Å². The first kappa shape index (κ1) is 11.0. The maximum Gasteiger partial charge on any atom is 0.337 e. The highest BCUT2D eigenvalue weighted by atomic mass is 16.6. The number of hydrogen-bond acceptors (Lipinski definition) is 4. The number of nitrogens with zero attached hydrogens (tertiary/aromatic N) is 1. The van der Waals surface area contributed by atoms with Crippen LogP contribution in [-0.4, -0.2) is 24.4 Å². The Morgan fingerprint density at radius 3 is 2.80 bits per heavy atom. The summed E-state index contributed by atoms with van der Waals surface area (Å²) in [5.74, 6) is -1.05. The Bertz CT molecular complexity index is 413. The van der Waals surface area contributed by atoms with Crippen LogP contribution in [-0.2, 0) is 4.84 Å². The van der Waals surface area contributed by atoms with Crippen LogP contribution in [0.15, 0.2) is 17.3 Å². The molecule has 0 saturated heterocycles. The molecule has 0 spiro atoms. The van der Waals surface area contributed by atoms with Gasteiger partial charge in [0.25, 0.3) is 0 Å². The fourth-order valence-corrected chi connectivity index (χ4v) is 1.19. The van der Waals surface area contributed by atoms with Gasteiger partial charge in [-0.2, -0.15) is 0 Å². The van der Waals surface area contributed by atoms with Crippen LogP contribution in [0.25, 0.3) is 0 Å². The van der Waals surface area contributed by atoms with Gasteiger partial charge >= 0.3 is 5.97 Å². The second-order valence-corrected chi connectivity index (χ2v) is 3.02. The van der Waals surface area contributed by atoms with Crippen LogP contribution >= 0.6 is 0 Å². The number of aryl methyl sites for hydroxylation is 1. The van der Waals surface area contributed by atoms with E-state index < -0.39 is 5.97 Å². The van der Waals surface area contributed by atoms with Gasteiger partial charge in [0.15, 0.2) is 0 Å². The molecule has 1 rings (SSSR count). The lowest BCUT2D eigenvalue weighted by Gasteiger charge is -2.05. The topological polar surface area (TPSA) is 84.9 Å². The minimum Gasteiger partial charge on any atom is -0.478 e. The molecule has 0 fully saturated rings. The third-order valence-electron chi connectivity index (χ3n) is 1.95. The lowest BCUT2D eigenvalue weighted by molar-refractivity contribution is 0.0698. The normalized spacial score (nSPS) is 10.5. The second-order valence-electron chi connectivity index (χ2n) is 3.02. The van der Waals surface area contributed by atoms with Crippen molar-refractivity contribution in [3.05, 3.63) is 28.8 Å². The first-order chi connectivity index (χ1) is 7.06. The monoisotopic (exact) mass is 208 g/mol. The van der Waals surface area contributed by atoms with Gasteiger partial charge in [0.2, 0.25) is 0 Å².